The van der Waals surface area contributed by atoms with E-state index in [1.165, 1.54) is 4.90 Å². The quantitative estimate of drug-likeness (QED) is 0.457. The van der Waals surface area contributed by atoms with Crippen LogP contribution in [0.4, 0.5) is 4.79 Å². The number of carbonyl (C=O) groups excluding carboxylic acids is 2. The van der Waals surface area contributed by atoms with Gasteiger partial charge in [-0.25, -0.2) is 9.69 Å². The minimum Gasteiger partial charge on any atom is -0.447 e. The molecule has 0 aliphatic carbocycles. The summed E-state index contributed by atoms with van der Waals surface area (Å²) in [7, 11) is 0. The summed E-state index contributed by atoms with van der Waals surface area (Å²) in [5.41, 5.74) is 2.11. The number of nitrogens with zero attached hydrogens (tertiary/aromatic N) is 1. The number of hydrogen-bond acceptors (Lipinski definition) is 5. The summed E-state index contributed by atoms with van der Waals surface area (Å²) < 4.78 is 17.2. The predicted octanol–water partition coefficient (Wildman–Crippen LogP) is 4.53. The van der Waals surface area contributed by atoms with Crippen LogP contribution in [0.2, 0.25) is 0 Å². The first-order chi connectivity index (χ1) is 15.6. The Bertz CT molecular complexity index is 870. The van der Waals surface area contributed by atoms with E-state index >= 15 is 0 Å². The van der Waals surface area contributed by atoms with Gasteiger partial charge in [-0.1, -0.05) is 73.7 Å². The molecule has 32 heavy (non-hydrogen) atoms. The first-order valence-electron chi connectivity index (χ1n) is 11.0. The molecule has 3 atom stereocenters. The molecular formula is C26H31NO5. The molecule has 0 radical (unpaired) electrons. The van der Waals surface area contributed by atoms with E-state index in [4.69, 9.17) is 14.2 Å². The zero-order chi connectivity index (χ0) is 22.8. The van der Waals surface area contributed by atoms with Crippen molar-refractivity contribution in [2.45, 2.75) is 51.0 Å². The average Bonchev–Trinajstić information content (AvgIpc) is 3.18. The van der Waals surface area contributed by atoms with E-state index < -0.39 is 12.0 Å². The molecule has 0 bridgehead atoms. The molecule has 0 N–H and O–H groups in total. The number of benzene rings is 2. The third kappa shape index (κ3) is 6.52. The molecule has 6 nitrogen and oxygen atoms in total. The van der Waals surface area contributed by atoms with Gasteiger partial charge in [-0.05, 0) is 30.4 Å². The molecule has 0 unspecified atom stereocenters. The molecule has 170 valence electrons. The van der Waals surface area contributed by atoms with Crippen LogP contribution in [0.25, 0.3) is 0 Å². The van der Waals surface area contributed by atoms with Gasteiger partial charge in [-0.3, -0.25) is 4.79 Å². The van der Waals surface area contributed by atoms with Gasteiger partial charge >= 0.3 is 6.09 Å². The summed E-state index contributed by atoms with van der Waals surface area (Å²) in [4.78, 5) is 26.3. The lowest BCUT2D eigenvalue weighted by Gasteiger charge is -2.27. The Balaban J connectivity index is 1.58. The summed E-state index contributed by atoms with van der Waals surface area (Å²) in [6.45, 7) is 6.24. The van der Waals surface area contributed by atoms with Crippen LogP contribution in [0.3, 0.4) is 0 Å². The number of imide groups is 1. The highest BCUT2D eigenvalue weighted by Gasteiger charge is 2.38. The smallest absolute Gasteiger partial charge is 0.417 e. The van der Waals surface area contributed by atoms with E-state index in [-0.39, 0.29) is 31.5 Å². The van der Waals surface area contributed by atoms with Crippen LogP contribution in [0, 0.1) is 0 Å². The van der Waals surface area contributed by atoms with E-state index in [1.807, 2.05) is 67.6 Å². The third-order valence-corrected chi connectivity index (χ3v) is 5.49. The maximum atomic E-state index is 12.9. The Labute approximate surface area is 189 Å². The molecule has 2 amide bonds. The second-order valence-corrected chi connectivity index (χ2v) is 7.80. The monoisotopic (exact) mass is 437 g/mol. The molecule has 1 aliphatic heterocycles. The first-order valence-corrected chi connectivity index (χ1v) is 11.0. The summed E-state index contributed by atoms with van der Waals surface area (Å²) in [5, 5.41) is 0. The van der Waals surface area contributed by atoms with Gasteiger partial charge in [-0.2, -0.15) is 0 Å². The van der Waals surface area contributed by atoms with E-state index in [9.17, 15) is 9.59 Å². The lowest BCUT2D eigenvalue weighted by molar-refractivity contribution is -0.141. The van der Waals surface area contributed by atoms with E-state index in [0.29, 0.717) is 25.9 Å². The van der Waals surface area contributed by atoms with Crippen molar-refractivity contribution in [2.24, 2.45) is 0 Å². The van der Waals surface area contributed by atoms with Gasteiger partial charge in [0.25, 0.3) is 5.91 Å². The Kier molecular flexibility index (Phi) is 9.01. The summed E-state index contributed by atoms with van der Waals surface area (Å²) in [6.07, 6.45) is 2.45. The van der Waals surface area contributed by atoms with Gasteiger partial charge in [0.05, 0.1) is 24.9 Å². The molecule has 6 heteroatoms. The molecule has 2 aromatic carbocycles. The largest absolute Gasteiger partial charge is 0.447 e. The standard InChI is InChI=1S/C26H31NO5/c1-3-11-24(30-17-21-14-9-6-10-15-21)23(4-2)31-19-25(28)27-22(18-32-26(27)29)16-20-12-7-5-8-13-20/h3,5-10,12-15,22-24H,1,4,11,16-19H2,2H3/t22-,23+,24+/m0/s1. The van der Waals surface area contributed by atoms with Crippen LogP contribution in [0.15, 0.2) is 73.3 Å². The highest BCUT2D eigenvalue weighted by Crippen LogP contribution is 2.19. The normalized spacial score (nSPS) is 17.6. The first kappa shape index (κ1) is 23.7. The Morgan fingerprint density at radius 1 is 1.09 bits per heavy atom. The maximum Gasteiger partial charge on any atom is 0.417 e. The van der Waals surface area contributed by atoms with Crippen LogP contribution in [0.1, 0.15) is 30.9 Å². The number of rotatable bonds is 12. The molecule has 2 aromatic rings. The van der Waals surface area contributed by atoms with Crippen LogP contribution in [-0.4, -0.2) is 48.4 Å². The van der Waals surface area contributed by atoms with Gasteiger partial charge < -0.3 is 14.2 Å². The number of ether oxygens (including phenoxy) is 3. The van der Waals surface area contributed by atoms with Gasteiger partial charge in [0.1, 0.15) is 13.2 Å². The van der Waals surface area contributed by atoms with Gasteiger partial charge in [-0.15, -0.1) is 6.58 Å². The van der Waals surface area contributed by atoms with Crippen molar-refractivity contribution in [2.75, 3.05) is 13.2 Å². The number of cyclic esters (lactones) is 1. The lowest BCUT2D eigenvalue weighted by Crippen LogP contribution is -2.43. The zero-order valence-electron chi connectivity index (χ0n) is 18.5. The summed E-state index contributed by atoms with van der Waals surface area (Å²) in [5.74, 6) is -0.396. The van der Waals surface area contributed by atoms with Crippen molar-refractivity contribution >= 4 is 12.0 Å². The fourth-order valence-corrected chi connectivity index (χ4v) is 3.81. The molecule has 1 aliphatic rings. The minimum absolute atomic E-state index is 0.190. The Morgan fingerprint density at radius 3 is 2.38 bits per heavy atom. The number of amides is 2. The van der Waals surface area contributed by atoms with Crippen LogP contribution < -0.4 is 0 Å². The van der Waals surface area contributed by atoms with Crippen molar-refractivity contribution in [1.82, 2.24) is 4.90 Å². The van der Waals surface area contributed by atoms with Gasteiger partial charge in [0.2, 0.25) is 0 Å². The second-order valence-electron chi connectivity index (χ2n) is 7.80. The van der Waals surface area contributed by atoms with Crippen LogP contribution in [-0.2, 0) is 32.0 Å². The van der Waals surface area contributed by atoms with E-state index in [2.05, 4.69) is 6.58 Å². The topological polar surface area (TPSA) is 65.1 Å². The Morgan fingerprint density at radius 2 is 1.75 bits per heavy atom. The van der Waals surface area contributed by atoms with Crippen molar-refractivity contribution in [3.63, 3.8) is 0 Å². The third-order valence-electron chi connectivity index (χ3n) is 5.49. The van der Waals surface area contributed by atoms with Crippen molar-refractivity contribution < 1.29 is 23.8 Å². The molecule has 0 spiro atoms. The second kappa shape index (κ2) is 12.2. The highest BCUT2D eigenvalue weighted by molar-refractivity contribution is 5.94. The van der Waals surface area contributed by atoms with Crippen LogP contribution >= 0.6 is 0 Å². The molecule has 3 rings (SSSR count). The highest BCUT2D eigenvalue weighted by atomic mass is 16.6. The lowest BCUT2D eigenvalue weighted by atomic mass is 10.1. The van der Waals surface area contributed by atoms with Crippen molar-refractivity contribution in [3.05, 3.63) is 84.4 Å². The number of carbonyl (C=O) groups is 2. The zero-order valence-corrected chi connectivity index (χ0v) is 18.5. The van der Waals surface area contributed by atoms with E-state index in [0.717, 1.165) is 11.1 Å². The minimum atomic E-state index is -0.615. The molecule has 0 aromatic heterocycles. The molecule has 0 saturated carbocycles. The number of hydrogen-bond donors (Lipinski definition) is 0. The molecule has 1 heterocycles. The fraction of sp³-hybridized carbons (Fsp3) is 0.385. The van der Waals surface area contributed by atoms with Gasteiger partial charge in [0, 0.05) is 0 Å². The van der Waals surface area contributed by atoms with Crippen LogP contribution in [0.5, 0.6) is 0 Å². The van der Waals surface area contributed by atoms with E-state index in [1.54, 1.807) is 6.08 Å². The molecule has 1 saturated heterocycles. The summed E-state index contributed by atoms with van der Waals surface area (Å²) in [6, 6.07) is 19.3. The maximum absolute atomic E-state index is 12.9. The van der Waals surface area contributed by atoms with Crippen molar-refractivity contribution in [3.8, 4) is 0 Å². The fourth-order valence-electron chi connectivity index (χ4n) is 3.81. The SMILES string of the molecule is C=CC[C@@H](OCc1ccccc1)[C@@H](CC)OCC(=O)N1C(=O)OC[C@@H]1Cc1ccccc1. The summed E-state index contributed by atoms with van der Waals surface area (Å²) >= 11 is 0. The Hall–Kier alpha value is -2.96. The van der Waals surface area contributed by atoms with Crippen molar-refractivity contribution in [1.29, 1.82) is 0 Å². The van der Waals surface area contributed by atoms with Gasteiger partial charge in [0.15, 0.2) is 0 Å². The average molecular weight is 438 g/mol. The molecular weight excluding hydrogens is 406 g/mol. The predicted molar refractivity (Wildman–Crippen MR) is 122 cm³/mol. The molecule has 1 fully saturated rings.